The van der Waals surface area contributed by atoms with Gasteiger partial charge in [0.1, 0.15) is 0 Å². The molecule has 1 aromatic heterocycles. The zero-order valence-electron chi connectivity index (χ0n) is 12.6. The van der Waals surface area contributed by atoms with Crippen molar-refractivity contribution in [1.29, 1.82) is 0 Å². The summed E-state index contributed by atoms with van der Waals surface area (Å²) in [5, 5.41) is 0. The van der Waals surface area contributed by atoms with E-state index in [1.807, 2.05) is 12.5 Å². The lowest BCUT2D eigenvalue weighted by Gasteiger charge is -2.28. The third-order valence-electron chi connectivity index (χ3n) is 5.58. The first kappa shape index (κ1) is 13.1. The molecule has 1 heterocycles. The van der Waals surface area contributed by atoms with Crippen LogP contribution < -0.4 is 0 Å². The maximum atomic E-state index is 4.19. The highest BCUT2D eigenvalue weighted by molar-refractivity contribution is 5.39. The highest BCUT2D eigenvalue weighted by Crippen LogP contribution is 2.49. The fourth-order valence-electron chi connectivity index (χ4n) is 4.59. The molecule has 0 aliphatic heterocycles. The van der Waals surface area contributed by atoms with Gasteiger partial charge in [0.2, 0.25) is 0 Å². The topological polar surface area (TPSA) is 17.8 Å². The Morgan fingerprint density at radius 2 is 1.86 bits per heavy atom. The minimum atomic E-state index is 0.669. The smallest absolute Gasteiger partial charge is 0.0946 e. The van der Waals surface area contributed by atoms with Crippen LogP contribution in [0.1, 0.15) is 61.5 Å². The van der Waals surface area contributed by atoms with Crippen molar-refractivity contribution in [3.05, 3.63) is 54.1 Å². The van der Waals surface area contributed by atoms with Gasteiger partial charge in [0.25, 0.3) is 0 Å². The van der Waals surface area contributed by atoms with E-state index in [-0.39, 0.29) is 0 Å². The van der Waals surface area contributed by atoms with Crippen molar-refractivity contribution in [2.45, 2.75) is 56.9 Å². The lowest BCUT2D eigenvalue weighted by atomic mass is 9.77. The van der Waals surface area contributed by atoms with Gasteiger partial charge >= 0.3 is 0 Å². The van der Waals surface area contributed by atoms with E-state index in [0.29, 0.717) is 5.92 Å². The van der Waals surface area contributed by atoms with E-state index in [1.165, 1.54) is 38.5 Å². The van der Waals surface area contributed by atoms with E-state index >= 15 is 0 Å². The largest absolute Gasteiger partial charge is 0.337 e. The normalized spacial score (nSPS) is 25.9. The average Bonchev–Trinajstić information content (AvgIpc) is 3.17. The van der Waals surface area contributed by atoms with Gasteiger partial charge in [-0.05, 0) is 42.2 Å². The highest BCUT2D eigenvalue weighted by Gasteiger charge is 2.35. The lowest BCUT2D eigenvalue weighted by Crippen LogP contribution is -2.15. The van der Waals surface area contributed by atoms with Crippen LogP contribution in [0.4, 0.5) is 0 Å². The van der Waals surface area contributed by atoms with Crippen molar-refractivity contribution in [3.63, 3.8) is 0 Å². The molecule has 0 N–H and O–H groups in total. The molecule has 110 valence electrons. The number of nitrogens with zero attached hydrogens (tertiary/aromatic N) is 2. The average molecular weight is 280 g/mol. The molecule has 2 nitrogen and oxygen atoms in total. The van der Waals surface area contributed by atoms with Crippen LogP contribution in [0.2, 0.25) is 0 Å². The number of benzene rings is 1. The fraction of sp³-hybridized carbons (Fsp3) is 0.526. The van der Waals surface area contributed by atoms with Gasteiger partial charge in [-0.25, -0.2) is 4.98 Å². The Hall–Kier alpha value is -1.57. The first-order valence-electron chi connectivity index (χ1n) is 8.46. The van der Waals surface area contributed by atoms with E-state index in [0.717, 1.165) is 18.4 Å². The molecule has 2 unspecified atom stereocenters. The van der Waals surface area contributed by atoms with E-state index in [1.54, 1.807) is 11.1 Å². The number of aromatic nitrogens is 2. The lowest BCUT2D eigenvalue weighted by molar-refractivity contribution is 0.293. The number of imidazole rings is 1. The van der Waals surface area contributed by atoms with Gasteiger partial charge in [0.15, 0.2) is 0 Å². The molecule has 21 heavy (non-hydrogen) atoms. The Bertz CT molecular complexity index is 581. The summed E-state index contributed by atoms with van der Waals surface area (Å²) in [6, 6.07) is 9.19. The minimum Gasteiger partial charge on any atom is -0.337 e. The van der Waals surface area contributed by atoms with Crippen LogP contribution in [0, 0.1) is 5.92 Å². The van der Waals surface area contributed by atoms with Crippen LogP contribution in [0.15, 0.2) is 43.0 Å². The second kappa shape index (κ2) is 5.67. The Balaban J connectivity index is 1.60. The molecule has 1 aromatic carbocycles. The molecule has 0 radical (unpaired) electrons. The second-order valence-electron chi connectivity index (χ2n) is 6.83. The Morgan fingerprint density at radius 3 is 2.62 bits per heavy atom. The van der Waals surface area contributed by atoms with Crippen molar-refractivity contribution >= 4 is 0 Å². The summed E-state index contributed by atoms with van der Waals surface area (Å²) in [4.78, 5) is 4.19. The van der Waals surface area contributed by atoms with Crippen LogP contribution in [0.5, 0.6) is 0 Å². The third kappa shape index (κ3) is 2.52. The van der Waals surface area contributed by atoms with E-state index in [2.05, 4.69) is 40.0 Å². The van der Waals surface area contributed by atoms with Gasteiger partial charge in [-0.1, -0.05) is 43.5 Å². The highest BCUT2D eigenvalue weighted by atomic mass is 15.0. The van der Waals surface area contributed by atoms with Crippen molar-refractivity contribution in [1.82, 2.24) is 9.55 Å². The zero-order valence-corrected chi connectivity index (χ0v) is 12.6. The van der Waals surface area contributed by atoms with Crippen LogP contribution in [0.25, 0.3) is 0 Å². The molecule has 2 aliphatic carbocycles. The summed E-state index contributed by atoms with van der Waals surface area (Å²) in [6.07, 6.45) is 14.5. The standard InChI is InChI=1S/C19H24N2/c1-2-6-15(7-3-1)19-12-16(13-21-11-10-20-14-21)17-8-4-5-9-18(17)19/h4-5,8-11,14-16,19H,1-3,6-7,12-13H2. The Kier molecular flexibility index (Phi) is 3.54. The van der Waals surface area contributed by atoms with Crippen LogP contribution in [0.3, 0.4) is 0 Å². The number of hydrogen-bond donors (Lipinski definition) is 0. The molecule has 2 heteroatoms. The van der Waals surface area contributed by atoms with Gasteiger partial charge in [0, 0.05) is 24.9 Å². The van der Waals surface area contributed by atoms with E-state index in [9.17, 15) is 0 Å². The molecule has 4 rings (SSSR count). The van der Waals surface area contributed by atoms with E-state index < -0.39 is 0 Å². The van der Waals surface area contributed by atoms with Gasteiger partial charge in [-0.2, -0.15) is 0 Å². The zero-order chi connectivity index (χ0) is 14.1. The molecule has 0 amide bonds. The quantitative estimate of drug-likeness (QED) is 0.794. The summed E-state index contributed by atoms with van der Waals surface area (Å²) in [5.41, 5.74) is 3.25. The summed E-state index contributed by atoms with van der Waals surface area (Å²) in [6.45, 7) is 1.08. The molecular formula is C19H24N2. The Morgan fingerprint density at radius 1 is 1.05 bits per heavy atom. The number of fused-ring (bicyclic) bond motifs is 1. The summed E-state index contributed by atoms with van der Waals surface area (Å²) >= 11 is 0. The molecule has 0 spiro atoms. The van der Waals surface area contributed by atoms with Crippen molar-refractivity contribution in [2.75, 3.05) is 0 Å². The van der Waals surface area contributed by atoms with E-state index in [4.69, 9.17) is 0 Å². The van der Waals surface area contributed by atoms with Gasteiger partial charge in [-0.15, -0.1) is 0 Å². The maximum absolute atomic E-state index is 4.19. The van der Waals surface area contributed by atoms with Gasteiger partial charge in [-0.3, -0.25) is 0 Å². The van der Waals surface area contributed by atoms with Crippen molar-refractivity contribution < 1.29 is 0 Å². The van der Waals surface area contributed by atoms with Crippen molar-refractivity contribution in [2.24, 2.45) is 5.92 Å². The predicted molar refractivity (Wildman–Crippen MR) is 85.3 cm³/mol. The monoisotopic (exact) mass is 280 g/mol. The molecule has 1 saturated carbocycles. The summed E-state index contributed by atoms with van der Waals surface area (Å²) < 4.78 is 2.24. The molecule has 0 bridgehead atoms. The summed E-state index contributed by atoms with van der Waals surface area (Å²) in [7, 11) is 0. The molecular weight excluding hydrogens is 256 g/mol. The first-order chi connectivity index (χ1) is 10.4. The van der Waals surface area contributed by atoms with Crippen LogP contribution in [-0.2, 0) is 6.54 Å². The van der Waals surface area contributed by atoms with Crippen molar-refractivity contribution in [3.8, 4) is 0 Å². The minimum absolute atomic E-state index is 0.669. The number of rotatable bonds is 3. The Labute approximate surface area is 127 Å². The first-order valence-corrected chi connectivity index (χ1v) is 8.46. The molecule has 0 saturated heterocycles. The second-order valence-corrected chi connectivity index (χ2v) is 6.83. The summed E-state index contributed by atoms with van der Waals surface area (Å²) in [5.74, 6) is 2.39. The molecule has 1 fully saturated rings. The number of hydrogen-bond acceptors (Lipinski definition) is 1. The fourth-order valence-corrected chi connectivity index (χ4v) is 4.59. The predicted octanol–water partition coefficient (Wildman–Crippen LogP) is 4.73. The third-order valence-corrected chi connectivity index (χ3v) is 5.58. The van der Waals surface area contributed by atoms with Gasteiger partial charge < -0.3 is 4.57 Å². The SMILES string of the molecule is c1ccc2c(c1)C(Cn1ccnc1)CC2C1CCCCC1. The molecule has 2 aliphatic rings. The maximum Gasteiger partial charge on any atom is 0.0946 e. The van der Waals surface area contributed by atoms with Crippen LogP contribution >= 0.6 is 0 Å². The van der Waals surface area contributed by atoms with Crippen LogP contribution in [-0.4, -0.2) is 9.55 Å². The molecule has 2 aromatic rings. The van der Waals surface area contributed by atoms with Gasteiger partial charge in [0.05, 0.1) is 6.33 Å². The molecule has 2 atom stereocenters.